The average molecular weight is 341 g/mol. The molecule has 0 amide bonds. The summed E-state index contributed by atoms with van der Waals surface area (Å²) < 4.78 is 0. The largest absolute Gasteiger partial charge is 0.391 e. The van der Waals surface area contributed by atoms with Crippen molar-refractivity contribution in [2.75, 3.05) is 13.1 Å². The van der Waals surface area contributed by atoms with Crippen molar-refractivity contribution in [1.82, 2.24) is 20.1 Å². The molecular weight excluding hydrogens is 323 g/mol. The Labute approximate surface area is 139 Å². The predicted octanol–water partition coefficient (Wildman–Crippen LogP) is 2.46. The van der Waals surface area contributed by atoms with Gasteiger partial charge < -0.3 is 5.11 Å². The van der Waals surface area contributed by atoms with Gasteiger partial charge in [0.2, 0.25) is 0 Å². The van der Waals surface area contributed by atoms with Crippen molar-refractivity contribution in [2.45, 2.75) is 26.0 Å². The molecule has 7 heteroatoms. The Balaban J connectivity index is 1.65. The number of aromatic amines is 1. The Morgan fingerprint density at radius 1 is 1.32 bits per heavy atom. The third-order valence-electron chi connectivity index (χ3n) is 4.05. The van der Waals surface area contributed by atoms with Crippen LogP contribution in [0.1, 0.15) is 17.0 Å². The average Bonchev–Trinajstić information content (AvgIpc) is 3.01. The van der Waals surface area contributed by atoms with Gasteiger partial charge in [0.1, 0.15) is 0 Å². The fourth-order valence-electron chi connectivity index (χ4n) is 2.93. The number of aromatic nitrogens is 3. The standard InChI is InChI=1S/C15H18Cl2N4O/c1-9-2-11(20-19-9)3-10-6-21(8-15(10)22)7-12-13(16)4-18-5-14(12)17/h2,4-5,10,15,22H,3,6-8H2,1H3,(H,19,20)/t10-,15-/m1/s1. The van der Waals surface area contributed by atoms with Gasteiger partial charge in [-0.3, -0.25) is 15.0 Å². The molecule has 1 aliphatic heterocycles. The lowest BCUT2D eigenvalue weighted by molar-refractivity contribution is 0.140. The maximum absolute atomic E-state index is 10.3. The Hall–Kier alpha value is -1.14. The van der Waals surface area contributed by atoms with Crippen molar-refractivity contribution in [3.05, 3.63) is 45.5 Å². The number of nitrogens with one attached hydrogen (secondary N) is 1. The van der Waals surface area contributed by atoms with Crippen LogP contribution in [-0.2, 0) is 13.0 Å². The highest BCUT2D eigenvalue weighted by Crippen LogP contribution is 2.28. The van der Waals surface area contributed by atoms with Crippen LogP contribution in [0.5, 0.6) is 0 Å². The molecule has 0 saturated carbocycles. The van der Waals surface area contributed by atoms with Gasteiger partial charge in [-0.1, -0.05) is 23.2 Å². The third kappa shape index (κ3) is 3.43. The lowest BCUT2D eigenvalue weighted by Crippen LogP contribution is -2.21. The van der Waals surface area contributed by atoms with Crippen LogP contribution in [0.3, 0.4) is 0 Å². The van der Waals surface area contributed by atoms with E-state index in [0.717, 1.165) is 29.9 Å². The second-order valence-electron chi connectivity index (χ2n) is 5.85. The molecule has 1 fully saturated rings. The molecule has 1 saturated heterocycles. The maximum atomic E-state index is 10.3. The number of aryl methyl sites for hydroxylation is 1. The number of hydrogen-bond donors (Lipinski definition) is 2. The number of H-pyrrole nitrogens is 1. The molecule has 3 heterocycles. The second kappa shape index (κ2) is 6.54. The first kappa shape index (κ1) is 15.7. The molecule has 3 rings (SSSR count). The fourth-order valence-corrected chi connectivity index (χ4v) is 3.42. The van der Waals surface area contributed by atoms with Crippen molar-refractivity contribution < 1.29 is 5.11 Å². The van der Waals surface area contributed by atoms with Crippen LogP contribution in [0.25, 0.3) is 0 Å². The van der Waals surface area contributed by atoms with Crippen molar-refractivity contribution in [2.24, 2.45) is 5.92 Å². The molecule has 0 spiro atoms. The van der Waals surface area contributed by atoms with Crippen LogP contribution in [0.2, 0.25) is 10.0 Å². The van der Waals surface area contributed by atoms with Crippen molar-refractivity contribution in [1.29, 1.82) is 0 Å². The number of aliphatic hydroxyl groups excluding tert-OH is 1. The number of likely N-dealkylation sites (tertiary alicyclic amines) is 1. The van der Waals surface area contributed by atoms with Gasteiger partial charge in [0.25, 0.3) is 0 Å². The van der Waals surface area contributed by atoms with E-state index in [4.69, 9.17) is 23.2 Å². The zero-order valence-corrected chi connectivity index (χ0v) is 13.8. The Bertz CT molecular complexity index is 640. The van der Waals surface area contributed by atoms with Gasteiger partial charge in [-0.25, -0.2) is 0 Å². The smallest absolute Gasteiger partial charge is 0.0711 e. The highest BCUT2D eigenvalue weighted by Gasteiger charge is 2.32. The molecule has 0 aliphatic carbocycles. The number of rotatable bonds is 4. The topological polar surface area (TPSA) is 65.0 Å². The first-order chi connectivity index (χ1) is 10.5. The summed E-state index contributed by atoms with van der Waals surface area (Å²) in [5.41, 5.74) is 2.89. The number of halogens is 2. The van der Waals surface area contributed by atoms with Gasteiger partial charge in [-0.05, 0) is 19.4 Å². The minimum atomic E-state index is -0.364. The molecule has 0 radical (unpaired) electrons. The lowest BCUT2D eigenvalue weighted by Gasteiger charge is -2.17. The van der Waals surface area contributed by atoms with Crippen LogP contribution in [0.4, 0.5) is 0 Å². The van der Waals surface area contributed by atoms with Crippen LogP contribution in [0, 0.1) is 12.8 Å². The quantitative estimate of drug-likeness (QED) is 0.897. The maximum Gasteiger partial charge on any atom is 0.0711 e. The number of nitrogens with zero attached hydrogens (tertiary/aromatic N) is 3. The Kier molecular flexibility index (Phi) is 4.68. The van der Waals surface area contributed by atoms with E-state index in [1.165, 1.54) is 0 Å². The summed E-state index contributed by atoms with van der Waals surface area (Å²) in [7, 11) is 0. The van der Waals surface area contributed by atoms with Gasteiger partial charge in [0.15, 0.2) is 0 Å². The van der Waals surface area contributed by atoms with E-state index < -0.39 is 0 Å². The number of pyridine rings is 1. The van der Waals surface area contributed by atoms with Gasteiger partial charge >= 0.3 is 0 Å². The zero-order chi connectivity index (χ0) is 15.7. The normalized spacial score (nSPS) is 22.4. The van der Waals surface area contributed by atoms with Crippen molar-refractivity contribution in [3.8, 4) is 0 Å². The highest BCUT2D eigenvalue weighted by atomic mass is 35.5. The summed E-state index contributed by atoms with van der Waals surface area (Å²) in [6.07, 6.45) is 3.59. The molecule has 0 bridgehead atoms. The summed E-state index contributed by atoms with van der Waals surface area (Å²) in [5.74, 6) is 0.169. The molecular formula is C15H18Cl2N4O. The van der Waals surface area contributed by atoms with E-state index in [-0.39, 0.29) is 12.0 Å². The van der Waals surface area contributed by atoms with Gasteiger partial charge in [-0.15, -0.1) is 0 Å². The summed E-state index contributed by atoms with van der Waals surface area (Å²) in [6.45, 7) is 4.00. The molecule has 5 nitrogen and oxygen atoms in total. The van der Waals surface area contributed by atoms with E-state index >= 15 is 0 Å². The van der Waals surface area contributed by atoms with Crippen LogP contribution < -0.4 is 0 Å². The molecule has 0 unspecified atom stereocenters. The van der Waals surface area contributed by atoms with Crippen molar-refractivity contribution in [3.63, 3.8) is 0 Å². The SMILES string of the molecule is Cc1cc(C[C@@H]2CN(Cc3c(Cl)cncc3Cl)C[C@H]2O)n[nH]1. The number of aliphatic hydroxyl groups is 1. The molecule has 0 aromatic carbocycles. The minimum absolute atomic E-state index is 0.169. The zero-order valence-electron chi connectivity index (χ0n) is 12.3. The summed E-state index contributed by atoms with van der Waals surface area (Å²) in [6, 6.07) is 2.02. The Morgan fingerprint density at radius 3 is 2.68 bits per heavy atom. The summed E-state index contributed by atoms with van der Waals surface area (Å²) >= 11 is 12.3. The summed E-state index contributed by atoms with van der Waals surface area (Å²) in [5, 5.41) is 18.6. The first-order valence-corrected chi connectivity index (χ1v) is 7.97. The number of hydrogen-bond acceptors (Lipinski definition) is 4. The third-order valence-corrected chi connectivity index (χ3v) is 4.70. The van der Waals surface area contributed by atoms with E-state index in [1.807, 2.05) is 13.0 Å². The first-order valence-electron chi connectivity index (χ1n) is 7.22. The molecule has 2 N–H and O–H groups in total. The highest BCUT2D eigenvalue weighted by molar-refractivity contribution is 6.35. The predicted molar refractivity (Wildman–Crippen MR) is 86.1 cm³/mol. The molecule has 118 valence electrons. The van der Waals surface area contributed by atoms with Crippen molar-refractivity contribution >= 4 is 23.2 Å². The van der Waals surface area contributed by atoms with E-state index in [0.29, 0.717) is 23.1 Å². The van der Waals surface area contributed by atoms with E-state index in [1.54, 1.807) is 12.4 Å². The van der Waals surface area contributed by atoms with Gasteiger partial charge in [-0.2, -0.15) is 5.10 Å². The van der Waals surface area contributed by atoms with Crippen LogP contribution in [0.15, 0.2) is 18.5 Å². The lowest BCUT2D eigenvalue weighted by atomic mass is 10.0. The molecule has 22 heavy (non-hydrogen) atoms. The second-order valence-corrected chi connectivity index (χ2v) is 6.66. The fraction of sp³-hybridized carbons (Fsp3) is 0.467. The summed E-state index contributed by atoms with van der Waals surface area (Å²) in [4.78, 5) is 6.13. The van der Waals surface area contributed by atoms with Crippen LogP contribution in [-0.4, -0.2) is 44.4 Å². The van der Waals surface area contributed by atoms with Gasteiger partial charge in [0, 0.05) is 49.2 Å². The molecule has 2 aromatic heterocycles. The molecule has 2 atom stereocenters. The number of β-amino-alcohol motifs (C(OH)–C–C–N with tert-alkyl or cyclic N) is 1. The van der Waals surface area contributed by atoms with Crippen LogP contribution >= 0.6 is 23.2 Å². The molecule has 1 aliphatic rings. The monoisotopic (exact) mass is 340 g/mol. The van der Waals surface area contributed by atoms with E-state index in [2.05, 4.69) is 20.1 Å². The molecule has 2 aromatic rings. The minimum Gasteiger partial charge on any atom is -0.391 e. The van der Waals surface area contributed by atoms with E-state index in [9.17, 15) is 5.11 Å². The van der Waals surface area contributed by atoms with Gasteiger partial charge in [0.05, 0.1) is 21.8 Å². The Morgan fingerprint density at radius 2 is 2.05 bits per heavy atom.